The number of pyridine rings is 2. The largest absolute Gasteiger partial charge is 0.501 e. The van der Waals surface area contributed by atoms with Gasteiger partial charge in [-0.3, -0.25) is 9.97 Å². The zero-order valence-electron chi connectivity index (χ0n) is 40.1. The van der Waals surface area contributed by atoms with Crippen molar-refractivity contribution in [3.05, 3.63) is 162 Å². The second-order valence-electron chi connectivity index (χ2n) is 20.3. The minimum atomic E-state index is -1.86. The van der Waals surface area contributed by atoms with E-state index in [1.165, 1.54) is 33.5 Å². The van der Waals surface area contributed by atoms with E-state index in [9.17, 15) is 0 Å². The molecule has 0 saturated carbocycles. The predicted octanol–water partition coefficient (Wildman–Crippen LogP) is 15.3. The molecule has 9 rings (SSSR count). The molecule has 0 atom stereocenters. The molecule has 7 heteroatoms. The van der Waals surface area contributed by atoms with E-state index >= 15 is 0 Å². The van der Waals surface area contributed by atoms with Crippen LogP contribution in [0.3, 0.4) is 0 Å². The fourth-order valence-corrected chi connectivity index (χ4v) is 12.2. The molecule has 1 radical (unpaired) electrons. The van der Waals surface area contributed by atoms with Crippen molar-refractivity contribution in [2.24, 2.45) is 5.92 Å². The monoisotopic (exact) mass is 1100 g/mol. The van der Waals surface area contributed by atoms with Crippen molar-refractivity contribution < 1.29 is 24.5 Å². The van der Waals surface area contributed by atoms with E-state index in [4.69, 9.17) is 19.4 Å². The van der Waals surface area contributed by atoms with Crippen LogP contribution in [0, 0.1) is 18.1 Å². The smallest absolute Gasteiger partial charge is 0.120 e. The standard InChI is InChI=1S/C40H38N3O.C18H24GeN.Ir/c1-24(2)31-22-27(26-14-9-8-10-15-26)23-32(25(3)4)36(31)43-33-20-21-41-38(40(5,6)7)35(33)42-39(43)30-18-13-17-29-28-16-11-12-19-34(28)44-37(29)30;1-14(2)11-16-12-18(15-9-7-6-8-10-15)20-13-17(16)19(3,4)5;/h8-17,19-25H,1-7H3;6-9,12-14H,11H2,1-5H3;/q2*-1;. The van der Waals surface area contributed by atoms with Gasteiger partial charge in [0.15, 0.2) is 0 Å². The van der Waals surface area contributed by atoms with Gasteiger partial charge in [-0.25, -0.2) is 0 Å². The third-order valence-electron chi connectivity index (χ3n) is 12.0. The van der Waals surface area contributed by atoms with Crippen LogP contribution in [0.4, 0.5) is 0 Å². The molecule has 0 bridgehead atoms. The molecule has 0 N–H and O–H groups in total. The number of rotatable bonds is 9. The van der Waals surface area contributed by atoms with Crippen LogP contribution in [0.1, 0.15) is 96.5 Å². The Bertz CT molecular complexity index is 3050. The van der Waals surface area contributed by atoms with Gasteiger partial charge < -0.3 is 8.98 Å². The first kappa shape index (κ1) is 47.8. The molecule has 0 unspecified atom stereocenters. The molecule has 4 heterocycles. The fraction of sp³-hybridized carbons (Fsp3) is 0.293. The van der Waals surface area contributed by atoms with Crippen LogP contribution in [0.2, 0.25) is 17.3 Å². The van der Waals surface area contributed by atoms with E-state index in [0.717, 1.165) is 67.7 Å². The third kappa shape index (κ3) is 9.87. The SMILES string of the molecule is CC(C)Cc1cc(-c2[c-]cccc2)nc[c]1[Ge]([CH3])([CH3])[CH3].CC(C)c1cc(-c2ccccc2)cc(C(C)C)c1-n1c(-c2[c-]ccc3c2oc2ccccc23)nc2c(C(C)(C)C)nccc21.[Ir]. The van der Waals surface area contributed by atoms with Crippen molar-refractivity contribution in [2.45, 2.75) is 103 Å². The predicted molar refractivity (Wildman–Crippen MR) is 273 cm³/mol. The fourth-order valence-electron chi connectivity index (χ4n) is 8.90. The van der Waals surface area contributed by atoms with Gasteiger partial charge in [-0.2, -0.15) is 0 Å². The van der Waals surface area contributed by atoms with Crippen molar-refractivity contribution >= 4 is 50.6 Å². The van der Waals surface area contributed by atoms with E-state index in [2.05, 4.69) is 181 Å². The van der Waals surface area contributed by atoms with Gasteiger partial charge >= 0.3 is 126 Å². The first-order valence-electron chi connectivity index (χ1n) is 22.9. The zero-order chi connectivity index (χ0) is 45.5. The normalized spacial score (nSPS) is 12.0. The Morgan fingerprint density at radius 2 is 1.38 bits per heavy atom. The first-order valence-corrected chi connectivity index (χ1v) is 30.3. The van der Waals surface area contributed by atoms with Crippen LogP contribution < -0.4 is 4.40 Å². The number of benzene rings is 5. The number of aromatic nitrogens is 4. The quantitative estimate of drug-likeness (QED) is 0.107. The summed E-state index contributed by atoms with van der Waals surface area (Å²) in [6.45, 7) is 20.3. The molecule has 0 aliphatic heterocycles. The Morgan fingerprint density at radius 3 is 2.02 bits per heavy atom. The molecule has 0 amide bonds. The summed E-state index contributed by atoms with van der Waals surface area (Å²) in [7, 11) is 0. The second kappa shape index (κ2) is 19.4. The summed E-state index contributed by atoms with van der Waals surface area (Å²) in [5.74, 6) is 9.35. The molecule has 0 aliphatic rings. The second-order valence-corrected chi connectivity index (χ2v) is 30.8. The summed E-state index contributed by atoms with van der Waals surface area (Å²) in [6.07, 6.45) is 5.20. The number of fused-ring (bicyclic) bond motifs is 4. The maximum absolute atomic E-state index is 6.55. The molecule has 65 heavy (non-hydrogen) atoms. The molecular formula is C58H62GeIrN4O-2. The van der Waals surface area contributed by atoms with Crippen molar-refractivity contribution in [2.75, 3.05) is 0 Å². The van der Waals surface area contributed by atoms with E-state index in [1.807, 2.05) is 42.6 Å². The van der Waals surface area contributed by atoms with Crippen LogP contribution in [-0.2, 0) is 31.9 Å². The van der Waals surface area contributed by atoms with E-state index in [0.29, 0.717) is 5.92 Å². The van der Waals surface area contributed by atoms with Gasteiger partial charge in [0.2, 0.25) is 0 Å². The van der Waals surface area contributed by atoms with E-state index in [1.54, 1.807) is 4.40 Å². The van der Waals surface area contributed by atoms with Gasteiger partial charge in [0.1, 0.15) is 5.58 Å². The number of para-hydroxylation sites is 1. The Morgan fingerprint density at radius 1 is 0.708 bits per heavy atom. The molecule has 0 fully saturated rings. The summed E-state index contributed by atoms with van der Waals surface area (Å²) in [6, 6.07) is 47.0. The third-order valence-corrected chi connectivity index (χ3v) is 16.3. The Hall–Kier alpha value is -5.14. The molecule has 5 aromatic carbocycles. The average Bonchev–Trinajstić information content (AvgIpc) is 3.84. The Kier molecular flexibility index (Phi) is 14.2. The molecular weight excluding hydrogens is 1030 g/mol. The number of hydrogen-bond acceptors (Lipinski definition) is 4. The number of furan rings is 1. The molecule has 5 nitrogen and oxygen atoms in total. The van der Waals surface area contributed by atoms with Crippen LogP contribution in [-0.4, -0.2) is 32.8 Å². The topological polar surface area (TPSA) is 56.7 Å². The number of nitrogens with zero attached hydrogens (tertiary/aromatic N) is 4. The minimum absolute atomic E-state index is 0. The van der Waals surface area contributed by atoms with Gasteiger partial charge in [-0.1, -0.05) is 108 Å². The number of hydrogen-bond donors (Lipinski definition) is 0. The molecule has 335 valence electrons. The summed E-state index contributed by atoms with van der Waals surface area (Å²) < 4.78 is 10.5. The maximum Gasteiger partial charge on any atom is 0.120 e. The summed E-state index contributed by atoms with van der Waals surface area (Å²) in [4.78, 5) is 15.0. The Balaban J connectivity index is 0.000000253. The van der Waals surface area contributed by atoms with E-state index < -0.39 is 13.3 Å². The van der Waals surface area contributed by atoms with Crippen molar-refractivity contribution in [1.29, 1.82) is 0 Å². The van der Waals surface area contributed by atoms with Crippen molar-refractivity contribution in [3.63, 3.8) is 0 Å². The summed E-state index contributed by atoms with van der Waals surface area (Å²) >= 11 is -1.86. The van der Waals surface area contributed by atoms with E-state index in [-0.39, 0.29) is 37.4 Å². The van der Waals surface area contributed by atoms with Gasteiger partial charge in [0, 0.05) is 42.8 Å². The summed E-state index contributed by atoms with van der Waals surface area (Å²) in [5, 5.41) is 2.16. The molecule has 0 saturated heterocycles. The van der Waals surface area contributed by atoms with Crippen LogP contribution >= 0.6 is 0 Å². The molecule has 0 aliphatic carbocycles. The molecule has 9 aromatic rings. The van der Waals surface area contributed by atoms with Crippen LogP contribution in [0.5, 0.6) is 0 Å². The molecule has 4 aromatic heterocycles. The maximum atomic E-state index is 6.55. The Labute approximate surface area is 402 Å². The van der Waals surface area contributed by atoms with Crippen molar-refractivity contribution in [1.82, 2.24) is 19.5 Å². The number of imidazole rings is 1. The van der Waals surface area contributed by atoms with Gasteiger partial charge in [0.25, 0.3) is 0 Å². The average molecular weight is 1100 g/mol. The van der Waals surface area contributed by atoms with Gasteiger partial charge in [-0.15, -0.1) is 18.2 Å². The first-order chi connectivity index (χ1) is 30.5. The molecule has 0 spiro atoms. The van der Waals surface area contributed by atoms with Crippen molar-refractivity contribution in [3.8, 4) is 39.5 Å². The van der Waals surface area contributed by atoms with Crippen LogP contribution in [0.15, 0.2) is 132 Å². The minimum Gasteiger partial charge on any atom is -0.501 e. The zero-order valence-corrected chi connectivity index (χ0v) is 44.6. The van der Waals surface area contributed by atoms with Gasteiger partial charge in [0.05, 0.1) is 28.1 Å². The van der Waals surface area contributed by atoms with Gasteiger partial charge in [-0.05, 0) is 58.4 Å². The van der Waals surface area contributed by atoms with Crippen LogP contribution in [0.25, 0.3) is 72.4 Å². The summed E-state index contributed by atoms with van der Waals surface area (Å²) in [5.41, 5.74) is 15.1.